The second-order valence-electron chi connectivity index (χ2n) is 3.80. The lowest BCUT2D eigenvalue weighted by atomic mass is 10.2. The molecule has 6 nitrogen and oxygen atoms in total. The first kappa shape index (κ1) is 14.1. The zero-order valence-electron chi connectivity index (χ0n) is 11.2. The van der Waals surface area contributed by atoms with E-state index in [1.807, 2.05) is 30.5 Å². The Labute approximate surface area is 121 Å². The van der Waals surface area contributed by atoms with E-state index in [2.05, 4.69) is 25.3 Å². The Morgan fingerprint density at radius 1 is 1.40 bits per heavy atom. The van der Waals surface area contributed by atoms with Gasteiger partial charge in [0.2, 0.25) is 0 Å². The van der Waals surface area contributed by atoms with E-state index in [9.17, 15) is 0 Å². The smallest absolute Gasteiger partial charge is 0.144 e. The fraction of sp³-hybridized carbons (Fsp3) is 0.154. The number of nitrogens with two attached hydrogens (primary N) is 1. The quantitative estimate of drug-likeness (QED) is 0.500. The Kier molecular flexibility index (Phi) is 4.78. The molecule has 20 heavy (non-hydrogen) atoms. The summed E-state index contributed by atoms with van der Waals surface area (Å²) in [6.45, 7) is 0. The van der Waals surface area contributed by atoms with Crippen molar-refractivity contribution in [2.45, 2.75) is 4.90 Å². The molecule has 1 aromatic heterocycles. The summed E-state index contributed by atoms with van der Waals surface area (Å²) in [5.74, 6) is 0.917. The molecule has 0 fully saturated rings. The molecule has 0 saturated carbocycles. The third kappa shape index (κ3) is 3.39. The monoisotopic (exact) mass is 289 g/mol. The average Bonchev–Trinajstić information content (AvgIpc) is 2.47. The molecular formula is C13H15N5OS. The molecule has 2 aromatic rings. The summed E-state index contributed by atoms with van der Waals surface area (Å²) in [5.41, 5.74) is 7.34. The molecule has 0 saturated heterocycles. The summed E-state index contributed by atoms with van der Waals surface area (Å²) in [5, 5.41) is 6.92. The fourth-order valence-electron chi connectivity index (χ4n) is 1.58. The maximum absolute atomic E-state index is 5.83. The van der Waals surface area contributed by atoms with Crippen LogP contribution in [0.2, 0.25) is 0 Å². The number of nitrogens with one attached hydrogen (secondary N) is 1. The summed E-state index contributed by atoms with van der Waals surface area (Å²) in [6, 6.07) is 7.99. The van der Waals surface area contributed by atoms with E-state index < -0.39 is 0 Å². The van der Waals surface area contributed by atoms with Gasteiger partial charge in [-0.3, -0.25) is 0 Å². The highest BCUT2D eigenvalue weighted by Gasteiger charge is 2.08. The van der Waals surface area contributed by atoms with E-state index in [4.69, 9.17) is 5.73 Å². The summed E-state index contributed by atoms with van der Waals surface area (Å²) in [7, 11) is 1.46. The highest BCUT2D eigenvalue weighted by molar-refractivity contribution is 7.98. The minimum atomic E-state index is 0.337. The number of hydrogen-bond donors (Lipinski definition) is 2. The van der Waals surface area contributed by atoms with Crippen molar-refractivity contribution in [3.05, 3.63) is 36.2 Å². The minimum Gasteiger partial charge on any atom is -0.399 e. The topological polar surface area (TPSA) is 85.4 Å². The number of rotatable bonds is 5. The first-order chi connectivity index (χ1) is 9.74. The minimum absolute atomic E-state index is 0.337. The van der Waals surface area contributed by atoms with Crippen molar-refractivity contribution in [3.63, 3.8) is 0 Å². The van der Waals surface area contributed by atoms with Gasteiger partial charge in [-0.05, 0) is 24.5 Å². The summed E-state index contributed by atoms with van der Waals surface area (Å²) >= 11 is 1.67. The molecule has 7 heteroatoms. The van der Waals surface area contributed by atoms with Crippen LogP contribution in [0.25, 0.3) is 0 Å². The van der Waals surface area contributed by atoms with Crippen LogP contribution in [0.1, 0.15) is 5.56 Å². The van der Waals surface area contributed by atoms with E-state index in [-0.39, 0.29) is 0 Å². The molecule has 0 radical (unpaired) electrons. The predicted molar refractivity (Wildman–Crippen MR) is 82.6 cm³/mol. The second-order valence-corrected chi connectivity index (χ2v) is 4.67. The maximum atomic E-state index is 5.83. The van der Waals surface area contributed by atoms with Crippen LogP contribution in [0, 0.1) is 0 Å². The van der Waals surface area contributed by atoms with Crippen molar-refractivity contribution in [1.29, 1.82) is 0 Å². The molecule has 1 aromatic carbocycles. The molecule has 1 heterocycles. The normalized spacial score (nSPS) is 10.7. The summed E-state index contributed by atoms with van der Waals surface area (Å²) < 4.78 is 0. The number of aromatic nitrogens is 2. The van der Waals surface area contributed by atoms with Gasteiger partial charge in [0.25, 0.3) is 0 Å². The van der Waals surface area contributed by atoms with E-state index in [1.54, 1.807) is 11.8 Å². The van der Waals surface area contributed by atoms with Crippen LogP contribution in [0.5, 0.6) is 0 Å². The van der Waals surface area contributed by atoms with Gasteiger partial charge in [0, 0.05) is 10.6 Å². The number of oxime groups is 1. The largest absolute Gasteiger partial charge is 0.399 e. The average molecular weight is 289 g/mol. The van der Waals surface area contributed by atoms with Crippen molar-refractivity contribution >= 4 is 35.3 Å². The highest BCUT2D eigenvalue weighted by atomic mass is 32.2. The van der Waals surface area contributed by atoms with Crippen LogP contribution >= 0.6 is 11.8 Å². The molecule has 0 aliphatic rings. The van der Waals surface area contributed by atoms with E-state index in [0.29, 0.717) is 17.2 Å². The standard InChI is InChI=1S/C13H15N5OS/c1-19-17-7-11-12(14)15-8-16-13(11)18-9-4-3-5-10(6-9)20-2/h3-8H,1-2H3,(H3,14,15,16,18)/b17-7+. The number of thioether (sulfide) groups is 1. The Bertz CT molecular complexity index is 617. The molecule has 0 bridgehead atoms. The lowest BCUT2D eigenvalue weighted by Crippen LogP contribution is -2.05. The van der Waals surface area contributed by atoms with Crippen LogP contribution in [0.15, 0.2) is 40.6 Å². The van der Waals surface area contributed by atoms with Crippen molar-refractivity contribution in [1.82, 2.24) is 9.97 Å². The van der Waals surface area contributed by atoms with Gasteiger partial charge in [-0.2, -0.15) is 0 Å². The van der Waals surface area contributed by atoms with Gasteiger partial charge >= 0.3 is 0 Å². The molecular weight excluding hydrogens is 274 g/mol. The molecule has 2 rings (SSSR count). The van der Waals surface area contributed by atoms with Gasteiger partial charge in [0.15, 0.2) is 0 Å². The van der Waals surface area contributed by atoms with Crippen LogP contribution in [-0.4, -0.2) is 29.5 Å². The molecule has 0 atom stereocenters. The molecule has 0 aliphatic heterocycles. The Morgan fingerprint density at radius 2 is 2.25 bits per heavy atom. The number of hydrogen-bond acceptors (Lipinski definition) is 7. The fourth-order valence-corrected chi connectivity index (χ4v) is 2.04. The Hall–Kier alpha value is -2.28. The lowest BCUT2D eigenvalue weighted by Gasteiger charge is -2.10. The highest BCUT2D eigenvalue weighted by Crippen LogP contribution is 2.23. The van der Waals surface area contributed by atoms with Crippen molar-refractivity contribution in [3.8, 4) is 0 Å². The van der Waals surface area contributed by atoms with Crippen LogP contribution in [-0.2, 0) is 4.84 Å². The van der Waals surface area contributed by atoms with E-state index >= 15 is 0 Å². The van der Waals surface area contributed by atoms with Crippen LogP contribution in [0.4, 0.5) is 17.3 Å². The van der Waals surface area contributed by atoms with Gasteiger partial charge in [-0.25, -0.2) is 9.97 Å². The molecule has 0 aliphatic carbocycles. The lowest BCUT2D eigenvalue weighted by molar-refractivity contribution is 0.215. The van der Waals surface area contributed by atoms with Crippen LogP contribution in [0.3, 0.4) is 0 Å². The van der Waals surface area contributed by atoms with Crippen molar-refractivity contribution in [2.75, 3.05) is 24.4 Å². The van der Waals surface area contributed by atoms with Crippen molar-refractivity contribution < 1.29 is 4.84 Å². The Balaban J connectivity index is 2.32. The van der Waals surface area contributed by atoms with Gasteiger partial charge < -0.3 is 15.9 Å². The van der Waals surface area contributed by atoms with Crippen molar-refractivity contribution in [2.24, 2.45) is 5.16 Å². The van der Waals surface area contributed by atoms with Crippen LogP contribution < -0.4 is 11.1 Å². The summed E-state index contributed by atoms with van der Waals surface area (Å²) in [4.78, 5) is 14.0. The van der Waals surface area contributed by atoms with E-state index in [1.165, 1.54) is 19.7 Å². The van der Waals surface area contributed by atoms with Gasteiger partial charge in [-0.1, -0.05) is 11.2 Å². The maximum Gasteiger partial charge on any atom is 0.144 e. The van der Waals surface area contributed by atoms with Gasteiger partial charge in [0.05, 0.1) is 11.8 Å². The van der Waals surface area contributed by atoms with Gasteiger partial charge in [0.1, 0.15) is 25.1 Å². The van der Waals surface area contributed by atoms with E-state index in [0.717, 1.165) is 10.6 Å². The summed E-state index contributed by atoms with van der Waals surface area (Å²) in [6.07, 6.45) is 4.91. The first-order valence-electron chi connectivity index (χ1n) is 5.82. The predicted octanol–water partition coefficient (Wildman–Crippen LogP) is 2.50. The third-order valence-corrected chi connectivity index (χ3v) is 3.26. The van der Waals surface area contributed by atoms with Gasteiger partial charge in [-0.15, -0.1) is 11.8 Å². The number of anilines is 3. The second kappa shape index (κ2) is 6.76. The molecule has 0 unspecified atom stereocenters. The molecule has 0 amide bonds. The number of nitrogens with zero attached hydrogens (tertiary/aromatic N) is 3. The molecule has 0 spiro atoms. The first-order valence-corrected chi connectivity index (χ1v) is 7.05. The molecule has 104 valence electrons. The SMILES string of the molecule is CO/N=C/c1c(N)ncnc1Nc1cccc(SC)c1. The third-order valence-electron chi connectivity index (χ3n) is 2.53. The zero-order chi connectivity index (χ0) is 14.4. The number of nitrogen functional groups attached to an aromatic ring is 1. The number of benzene rings is 1. The molecule has 3 N–H and O–H groups in total. The zero-order valence-corrected chi connectivity index (χ0v) is 12.0. The Morgan fingerprint density at radius 3 is 3.00 bits per heavy atom.